The topological polar surface area (TPSA) is 77.1 Å². The summed E-state index contributed by atoms with van der Waals surface area (Å²) in [5, 5.41) is 3.78. The van der Waals surface area contributed by atoms with E-state index in [1.165, 1.54) is 0 Å². The van der Waals surface area contributed by atoms with Crippen LogP contribution >= 0.6 is 11.6 Å². The number of nitrogens with zero attached hydrogens (tertiary/aromatic N) is 1. The van der Waals surface area contributed by atoms with Crippen LogP contribution in [0.25, 0.3) is 0 Å². The summed E-state index contributed by atoms with van der Waals surface area (Å²) in [7, 11) is 0. The van der Waals surface area contributed by atoms with Crippen molar-refractivity contribution in [1.82, 2.24) is 10.2 Å². The Kier molecular flexibility index (Phi) is 5.59. The number of carbonyl (C=O) groups excluding carboxylic acids is 2. The Morgan fingerprint density at radius 1 is 1.09 bits per heavy atom. The fraction of sp³-hybridized carbons (Fsp3) is 0.417. The number of nitrogens with one attached hydrogen (secondary N) is 1. The molecule has 168 valence electrons. The van der Waals surface area contributed by atoms with Crippen molar-refractivity contribution in [2.75, 3.05) is 19.9 Å². The van der Waals surface area contributed by atoms with E-state index < -0.39 is 5.54 Å². The molecular weight excluding hydrogens is 432 g/mol. The number of hydrogen-bond donors (Lipinski definition) is 1. The molecule has 1 atom stereocenters. The lowest BCUT2D eigenvalue weighted by Crippen LogP contribution is -2.45. The summed E-state index contributed by atoms with van der Waals surface area (Å²) >= 11 is 6.13. The molecule has 1 fully saturated rings. The first-order valence-electron chi connectivity index (χ1n) is 10.9. The van der Waals surface area contributed by atoms with Gasteiger partial charge in [0.25, 0.3) is 0 Å². The summed E-state index contributed by atoms with van der Waals surface area (Å²) in [6, 6.07) is 11.3. The highest BCUT2D eigenvalue weighted by atomic mass is 35.5. The minimum absolute atomic E-state index is 0.0323. The third-order valence-electron chi connectivity index (χ3n) is 6.39. The van der Waals surface area contributed by atoms with Crippen LogP contribution in [-0.2, 0) is 22.6 Å². The van der Waals surface area contributed by atoms with Crippen molar-refractivity contribution in [3.8, 4) is 17.2 Å². The molecule has 3 aliphatic rings. The average Bonchev–Trinajstić information content (AvgIpc) is 3.32. The summed E-state index contributed by atoms with van der Waals surface area (Å²) in [6.45, 7) is 1.66. The third kappa shape index (κ3) is 4.35. The lowest BCUT2D eigenvalue weighted by Gasteiger charge is -2.30. The summed E-state index contributed by atoms with van der Waals surface area (Å²) < 4.78 is 16.7. The predicted molar refractivity (Wildman–Crippen MR) is 118 cm³/mol. The van der Waals surface area contributed by atoms with Crippen molar-refractivity contribution in [2.45, 2.75) is 44.2 Å². The van der Waals surface area contributed by atoms with Gasteiger partial charge in [-0.15, -0.1) is 0 Å². The molecule has 2 amide bonds. The summed E-state index contributed by atoms with van der Waals surface area (Å²) in [5.41, 5.74) is 1.52. The molecule has 2 aromatic carbocycles. The van der Waals surface area contributed by atoms with Crippen LogP contribution in [0.5, 0.6) is 17.2 Å². The van der Waals surface area contributed by atoms with E-state index in [9.17, 15) is 9.59 Å². The van der Waals surface area contributed by atoms with Crippen molar-refractivity contribution >= 4 is 23.4 Å². The second kappa shape index (κ2) is 8.54. The Morgan fingerprint density at radius 2 is 1.94 bits per heavy atom. The van der Waals surface area contributed by atoms with Gasteiger partial charge in [0, 0.05) is 35.5 Å². The number of fused-ring (bicyclic) bond motifs is 2. The van der Waals surface area contributed by atoms with E-state index >= 15 is 0 Å². The minimum atomic E-state index is -0.440. The van der Waals surface area contributed by atoms with Crippen LogP contribution in [0.4, 0.5) is 0 Å². The summed E-state index contributed by atoms with van der Waals surface area (Å²) in [4.78, 5) is 27.0. The van der Waals surface area contributed by atoms with Gasteiger partial charge < -0.3 is 24.4 Å². The molecule has 7 nitrogen and oxygen atoms in total. The molecule has 32 heavy (non-hydrogen) atoms. The second-order valence-electron chi connectivity index (χ2n) is 8.61. The van der Waals surface area contributed by atoms with Crippen LogP contribution in [-0.4, -0.2) is 42.2 Å². The molecule has 2 aromatic rings. The Hall–Kier alpha value is -2.93. The van der Waals surface area contributed by atoms with Gasteiger partial charge in [-0.3, -0.25) is 9.59 Å². The maximum absolute atomic E-state index is 13.1. The third-order valence-corrected chi connectivity index (χ3v) is 6.62. The molecule has 8 heteroatoms. The van der Waals surface area contributed by atoms with Crippen LogP contribution < -0.4 is 19.5 Å². The second-order valence-corrected chi connectivity index (χ2v) is 9.05. The quantitative estimate of drug-likeness (QED) is 0.745. The van der Waals surface area contributed by atoms with Crippen LogP contribution in [0.15, 0.2) is 36.4 Å². The molecule has 1 saturated heterocycles. The molecule has 1 N–H and O–H groups in total. The van der Waals surface area contributed by atoms with Crippen molar-refractivity contribution in [2.24, 2.45) is 0 Å². The van der Waals surface area contributed by atoms with Gasteiger partial charge in [0.15, 0.2) is 11.5 Å². The molecule has 0 saturated carbocycles. The Balaban J connectivity index is 1.27. The molecule has 0 bridgehead atoms. The lowest BCUT2D eigenvalue weighted by atomic mass is 9.84. The first-order chi connectivity index (χ1) is 15.5. The van der Waals surface area contributed by atoms with Gasteiger partial charge in [-0.05, 0) is 55.2 Å². The zero-order valence-electron chi connectivity index (χ0n) is 17.7. The van der Waals surface area contributed by atoms with E-state index in [2.05, 4.69) is 5.32 Å². The first-order valence-corrected chi connectivity index (χ1v) is 11.3. The molecule has 0 spiro atoms. The fourth-order valence-corrected chi connectivity index (χ4v) is 4.90. The molecule has 1 unspecified atom stereocenters. The predicted octanol–water partition coefficient (Wildman–Crippen LogP) is 3.46. The average molecular weight is 457 g/mol. The van der Waals surface area contributed by atoms with Crippen LogP contribution in [0.2, 0.25) is 5.02 Å². The van der Waals surface area contributed by atoms with Crippen molar-refractivity contribution < 1.29 is 23.8 Å². The van der Waals surface area contributed by atoms with Gasteiger partial charge in [0.05, 0.1) is 6.54 Å². The number of amides is 2. The monoisotopic (exact) mass is 456 g/mol. The highest BCUT2D eigenvalue weighted by Crippen LogP contribution is 2.36. The van der Waals surface area contributed by atoms with Gasteiger partial charge in [0.2, 0.25) is 18.6 Å². The summed E-state index contributed by atoms with van der Waals surface area (Å²) in [6.07, 6.45) is 2.74. The normalized spacial score (nSPS) is 21.5. The van der Waals surface area contributed by atoms with Crippen molar-refractivity contribution in [3.05, 3.63) is 52.5 Å². The van der Waals surface area contributed by atoms with Crippen LogP contribution in [0, 0.1) is 0 Å². The lowest BCUT2D eigenvalue weighted by molar-refractivity contribution is -0.132. The van der Waals surface area contributed by atoms with E-state index in [1.54, 1.807) is 6.07 Å². The van der Waals surface area contributed by atoms with E-state index in [4.69, 9.17) is 25.8 Å². The molecule has 0 radical (unpaired) electrons. The number of rotatable bonds is 5. The van der Waals surface area contributed by atoms with Crippen molar-refractivity contribution in [1.29, 1.82) is 0 Å². The minimum Gasteiger partial charge on any atom is -0.491 e. The number of hydrogen-bond acceptors (Lipinski definition) is 5. The van der Waals surface area contributed by atoms with E-state index in [0.29, 0.717) is 56.8 Å². The van der Waals surface area contributed by atoms with Gasteiger partial charge in [-0.2, -0.15) is 0 Å². The molecule has 0 aromatic heterocycles. The highest BCUT2D eigenvalue weighted by molar-refractivity contribution is 6.30. The molecule has 5 rings (SSSR count). The number of benzene rings is 2. The maximum atomic E-state index is 13.1. The van der Waals surface area contributed by atoms with E-state index in [1.807, 2.05) is 35.2 Å². The highest BCUT2D eigenvalue weighted by Gasteiger charge is 2.38. The standard InChI is InChI=1S/C24H25ClN2O5/c25-18-2-4-19-17(12-18)14-27(9-10-30-19)23(29)6-8-24(7-5-22(28)26-24)13-16-1-3-20-21(11-16)32-15-31-20/h1-4,11-12H,5-10,13-15H2,(H,26,28). The molecule has 3 aliphatic heterocycles. The SMILES string of the molecule is O=C1CCC(CCC(=O)N2CCOc3ccc(Cl)cc3C2)(Cc2ccc3c(c2)OCO3)N1. The van der Waals surface area contributed by atoms with Gasteiger partial charge in [-0.25, -0.2) is 0 Å². The van der Waals surface area contributed by atoms with Gasteiger partial charge in [-0.1, -0.05) is 17.7 Å². The van der Waals surface area contributed by atoms with Crippen molar-refractivity contribution in [3.63, 3.8) is 0 Å². The summed E-state index contributed by atoms with van der Waals surface area (Å²) in [5.74, 6) is 2.31. The number of carbonyl (C=O) groups is 2. The van der Waals surface area contributed by atoms with Crippen LogP contribution in [0.3, 0.4) is 0 Å². The Morgan fingerprint density at radius 3 is 2.78 bits per heavy atom. The van der Waals surface area contributed by atoms with E-state index in [0.717, 1.165) is 28.4 Å². The zero-order valence-corrected chi connectivity index (χ0v) is 18.5. The van der Waals surface area contributed by atoms with Gasteiger partial charge >= 0.3 is 0 Å². The number of halogens is 1. The molecule has 3 heterocycles. The van der Waals surface area contributed by atoms with Crippen LogP contribution in [0.1, 0.15) is 36.8 Å². The fourth-order valence-electron chi connectivity index (χ4n) is 4.70. The zero-order chi connectivity index (χ0) is 22.1. The first kappa shape index (κ1) is 20.9. The number of ether oxygens (including phenoxy) is 3. The van der Waals surface area contributed by atoms with Gasteiger partial charge in [0.1, 0.15) is 12.4 Å². The largest absolute Gasteiger partial charge is 0.491 e. The maximum Gasteiger partial charge on any atom is 0.231 e. The van der Waals surface area contributed by atoms with E-state index in [-0.39, 0.29) is 18.6 Å². The Labute approximate surface area is 191 Å². The molecular formula is C24H25ClN2O5. The Bertz CT molecular complexity index is 1060. The molecule has 0 aliphatic carbocycles. The smallest absolute Gasteiger partial charge is 0.231 e.